The highest BCUT2D eigenvalue weighted by atomic mass is 16.3. The van der Waals surface area contributed by atoms with Gasteiger partial charge >= 0.3 is 0 Å². The van der Waals surface area contributed by atoms with Gasteiger partial charge in [0.1, 0.15) is 17.4 Å². The Morgan fingerprint density at radius 2 is 1.97 bits per heavy atom. The van der Waals surface area contributed by atoms with Gasteiger partial charge in [-0.05, 0) is 57.6 Å². The summed E-state index contributed by atoms with van der Waals surface area (Å²) in [6.07, 6.45) is -1.23. The maximum absolute atomic E-state index is 13.7. The smallest absolute Gasteiger partial charge is 0.230 e. The Morgan fingerprint density at radius 1 is 1.29 bits per heavy atom. The van der Waals surface area contributed by atoms with Gasteiger partial charge in [-0.25, -0.2) is 0 Å². The van der Waals surface area contributed by atoms with Gasteiger partial charge in [0, 0.05) is 23.1 Å². The number of hydrogen-bond acceptors (Lipinski definition) is 9. The number of benzene rings is 1. The van der Waals surface area contributed by atoms with Crippen molar-refractivity contribution in [3.05, 3.63) is 34.4 Å². The van der Waals surface area contributed by atoms with Gasteiger partial charge in [-0.1, -0.05) is 11.8 Å². The summed E-state index contributed by atoms with van der Waals surface area (Å²) in [7, 11) is 4.97. The molecule has 0 spiro atoms. The van der Waals surface area contributed by atoms with E-state index >= 15 is 0 Å². The van der Waals surface area contributed by atoms with Crippen LogP contribution >= 0.6 is 0 Å². The van der Waals surface area contributed by atoms with Crippen LogP contribution in [-0.2, 0) is 20.8 Å². The van der Waals surface area contributed by atoms with Crippen LogP contribution in [0.4, 0.5) is 0 Å². The van der Waals surface area contributed by atoms with E-state index in [1.165, 1.54) is 6.07 Å². The quantitative estimate of drug-likeness (QED) is 0.226. The summed E-state index contributed by atoms with van der Waals surface area (Å²) in [4.78, 5) is 40.6. The topological polar surface area (TPSA) is 173 Å². The lowest BCUT2D eigenvalue weighted by Gasteiger charge is -2.53. The fraction of sp³-hybridized carbons (Fsp3) is 0.480. The maximum atomic E-state index is 13.7. The molecule has 2 saturated carbocycles. The standard InChI is InChI=1S/C25H29N3O7/c1-27-8-4-5-11-6-7-15(29)17-13(11)9-12-10-14-19(28(2)3)21(31)18(24(26)34)23(33)25(14,35)22(32)16(12)20(17)30/h6-7,12,14,18-19,21,27,29-31,35H,8-10H2,1-3H3,(H2,26,34)/t12-,14-,18?,19-,21?,25-/m1/s1. The van der Waals surface area contributed by atoms with Crippen LogP contribution < -0.4 is 11.1 Å². The summed E-state index contributed by atoms with van der Waals surface area (Å²) in [5.41, 5.74) is 3.68. The number of rotatable bonds is 3. The van der Waals surface area contributed by atoms with Gasteiger partial charge in [-0.3, -0.25) is 14.4 Å². The van der Waals surface area contributed by atoms with Gasteiger partial charge in [0.2, 0.25) is 11.7 Å². The molecule has 6 atom stereocenters. The van der Waals surface area contributed by atoms with Crippen molar-refractivity contribution in [2.24, 2.45) is 23.5 Å². The second-order valence-corrected chi connectivity index (χ2v) is 9.61. The molecular formula is C25H29N3O7. The van der Waals surface area contributed by atoms with E-state index < -0.39 is 58.7 Å². The third kappa shape index (κ3) is 3.54. The summed E-state index contributed by atoms with van der Waals surface area (Å²) >= 11 is 0. The summed E-state index contributed by atoms with van der Waals surface area (Å²) < 4.78 is 0. The number of ketones is 2. The molecule has 10 heteroatoms. The second kappa shape index (κ2) is 8.77. The number of fused-ring (bicyclic) bond motifs is 3. The Balaban J connectivity index is 1.91. The number of hydrogen-bond donors (Lipinski definition) is 6. The number of Topliss-reactive ketones (excluding diaryl/α,β-unsaturated/α-hetero) is 2. The van der Waals surface area contributed by atoms with Crippen LogP contribution in [0.5, 0.6) is 5.75 Å². The second-order valence-electron chi connectivity index (χ2n) is 9.61. The monoisotopic (exact) mass is 483 g/mol. The first-order valence-electron chi connectivity index (χ1n) is 11.3. The molecule has 2 fully saturated rings. The van der Waals surface area contributed by atoms with Crippen LogP contribution in [0.15, 0.2) is 17.7 Å². The van der Waals surface area contributed by atoms with Crippen molar-refractivity contribution in [2.45, 2.75) is 30.6 Å². The third-order valence-corrected chi connectivity index (χ3v) is 7.46. The third-order valence-electron chi connectivity index (χ3n) is 7.46. The molecule has 0 aliphatic heterocycles. The molecule has 1 aromatic rings. The molecule has 3 aliphatic rings. The van der Waals surface area contributed by atoms with E-state index in [4.69, 9.17) is 5.73 Å². The normalized spacial score (nSPS) is 31.9. The van der Waals surface area contributed by atoms with Crippen molar-refractivity contribution < 1.29 is 34.8 Å². The molecule has 0 saturated heterocycles. The van der Waals surface area contributed by atoms with Crippen LogP contribution in [0.3, 0.4) is 0 Å². The Kier molecular flexibility index (Phi) is 6.23. The Hall–Kier alpha value is -3.23. The molecule has 35 heavy (non-hydrogen) atoms. The molecule has 0 heterocycles. The van der Waals surface area contributed by atoms with Crippen molar-refractivity contribution in [1.29, 1.82) is 0 Å². The summed E-state index contributed by atoms with van der Waals surface area (Å²) in [5, 5.41) is 47.0. The summed E-state index contributed by atoms with van der Waals surface area (Å²) in [6, 6.07) is 2.06. The molecule has 1 aromatic carbocycles. The van der Waals surface area contributed by atoms with Crippen molar-refractivity contribution in [3.63, 3.8) is 0 Å². The average Bonchev–Trinajstić information content (AvgIpc) is 2.77. The number of likely N-dealkylation sites (N-methyl/N-ethyl adjacent to an activating group) is 1. The predicted molar refractivity (Wildman–Crippen MR) is 125 cm³/mol. The molecular weight excluding hydrogens is 454 g/mol. The van der Waals surface area contributed by atoms with Crippen molar-refractivity contribution >= 4 is 23.2 Å². The highest BCUT2D eigenvalue weighted by Gasteiger charge is 2.67. The van der Waals surface area contributed by atoms with Gasteiger partial charge in [0.05, 0.1) is 18.2 Å². The first-order valence-corrected chi connectivity index (χ1v) is 11.3. The minimum absolute atomic E-state index is 0.0295. The van der Waals surface area contributed by atoms with E-state index in [9.17, 15) is 34.8 Å². The number of carbonyl (C=O) groups is 3. The number of nitrogens with one attached hydrogen (secondary N) is 1. The lowest BCUT2D eigenvalue weighted by atomic mass is 9.54. The number of nitrogens with two attached hydrogens (primary N) is 1. The number of carbonyl (C=O) groups excluding carboxylic acids is 3. The lowest BCUT2D eigenvalue weighted by molar-refractivity contribution is -0.184. The fourth-order valence-corrected chi connectivity index (χ4v) is 5.95. The highest BCUT2D eigenvalue weighted by Crippen LogP contribution is 2.52. The molecule has 4 rings (SSSR count). The number of nitrogens with zero attached hydrogens (tertiary/aromatic N) is 1. The SMILES string of the molecule is CNCC#Cc1ccc(O)c2c1C[C@@H]1C[C@@H]3[C@@H](N(C)C)C(O)C(C(N)=O)C(=O)[C@]3(O)C(=O)C1=C2O. The van der Waals surface area contributed by atoms with Crippen molar-refractivity contribution in [3.8, 4) is 17.6 Å². The average molecular weight is 484 g/mol. The van der Waals surface area contributed by atoms with Crippen LogP contribution in [0.1, 0.15) is 23.1 Å². The highest BCUT2D eigenvalue weighted by molar-refractivity contribution is 6.25. The lowest BCUT2D eigenvalue weighted by Crippen LogP contribution is -2.73. The molecule has 3 aliphatic carbocycles. The minimum Gasteiger partial charge on any atom is -0.507 e. The first kappa shape index (κ1) is 24.9. The molecule has 0 aromatic heterocycles. The van der Waals surface area contributed by atoms with E-state index in [1.807, 2.05) is 0 Å². The van der Waals surface area contributed by atoms with Gasteiger partial charge in [0.15, 0.2) is 11.4 Å². The van der Waals surface area contributed by atoms with E-state index in [1.54, 1.807) is 32.1 Å². The number of aromatic hydroxyl groups is 1. The van der Waals surface area contributed by atoms with Crippen LogP contribution in [0.25, 0.3) is 5.76 Å². The number of aliphatic hydroxyl groups is 3. The first-order chi connectivity index (χ1) is 16.5. The fourth-order valence-electron chi connectivity index (χ4n) is 5.95. The number of phenolic OH excluding ortho intramolecular Hbond substituents is 1. The summed E-state index contributed by atoms with van der Waals surface area (Å²) in [5.74, 6) is -1.66. The zero-order chi connectivity index (χ0) is 25.8. The number of phenols is 1. The molecule has 1 amide bonds. The number of amides is 1. The summed E-state index contributed by atoms with van der Waals surface area (Å²) in [6.45, 7) is 0.422. The van der Waals surface area contributed by atoms with E-state index in [-0.39, 0.29) is 29.7 Å². The van der Waals surface area contributed by atoms with Gasteiger partial charge in [-0.15, -0.1) is 0 Å². The van der Waals surface area contributed by atoms with Gasteiger partial charge in [-0.2, -0.15) is 0 Å². The van der Waals surface area contributed by atoms with E-state index in [0.29, 0.717) is 17.7 Å². The van der Waals surface area contributed by atoms with Crippen LogP contribution in [0, 0.1) is 29.6 Å². The molecule has 10 nitrogen and oxygen atoms in total. The predicted octanol–water partition coefficient (Wildman–Crippen LogP) is -1.30. The molecule has 0 bridgehead atoms. The molecule has 0 radical (unpaired) electrons. The number of aliphatic hydroxyl groups excluding tert-OH is 2. The van der Waals surface area contributed by atoms with Crippen LogP contribution in [-0.4, -0.2) is 88.2 Å². The van der Waals surface area contributed by atoms with E-state index in [2.05, 4.69) is 17.2 Å². The minimum atomic E-state index is -2.66. The molecule has 186 valence electrons. The number of primary amides is 1. The Bertz CT molecular complexity index is 1210. The van der Waals surface area contributed by atoms with Gasteiger partial charge < -0.3 is 36.4 Å². The van der Waals surface area contributed by atoms with Gasteiger partial charge in [0.25, 0.3) is 0 Å². The van der Waals surface area contributed by atoms with E-state index in [0.717, 1.165) is 0 Å². The van der Waals surface area contributed by atoms with Crippen LogP contribution in [0.2, 0.25) is 0 Å². The molecule has 7 N–H and O–H groups in total. The Morgan fingerprint density at radius 3 is 2.57 bits per heavy atom. The Labute approximate surface area is 202 Å². The maximum Gasteiger partial charge on any atom is 0.230 e. The van der Waals surface area contributed by atoms with Crippen molar-refractivity contribution in [2.75, 3.05) is 27.7 Å². The molecule has 2 unspecified atom stereocenters. The van der Waals surface area contributed by atoms with Crippen molar-refractivity contribution in [1.82, 2.24) is 10.2 Å². The zero-order valence-corrected chi connectivity index (χ0v) is 19.7. The zero-order valence-electron chi connectivity index (χ0n) is 19.7. The largest absolute Gasteiger partial charge is 0.507 e.